The molecule has 0 spiro atoms. The number of unbranched alkanes of at least 4 members (excludes halogenated alkanes) is 1. The highest BCUT2D eigenvalue weighted by Gasteiger charge is 2.25. The molecule has 1 aromatic rings. The van der Waals surface area contributed by atoms with Gasteiger partial charge in [-0.3, -0.25) is 4.79 Å². The zero-order valence-electron chi connectivity index (χ0n) is 24.1. The summed E-state index contributed by atoms with van der Waals surface area (Å²) in [6, 6.07) is -4.29. The lowest BCUT2D eigenvalue weighted by Crippen LogP contribution is -2.51. The van der Waals surface area contributed by atoms with Crippen molar-refractivity contribution in [2.45, 2.75) is 83.2 Å². The fraction of sp³-hybridized carbons (Fsp3) is 0.519. The van der Waals surface area contributed by atoms with Crippen LogP contribution in [0.2, 0.25) is 0 Å². The number of urea groups is 2. The number of carbonyl (C=O) groups is 5. The van der Waals surface area contributed by atoms with E-state index in [2.05, 4.69) is 31.6 Å². The number of aryl methyl sites for hydroxylation is 1. The average molecular weight is 606 g/mol. The predicted octanol–water partition coefficient (Wildman–Crippen LogP) is 1.51. The Labute approximate surface area is 248 Å². The molecule has 0 bridgehead atoms. The van der Waals surface area contributed by atoms with Gasteiger partial charge in [0, 0.05) is 25.2 Å². The molecule has 0 aliphatic heterocycles. The van der Waals surface area contributed by atoms with Crippen molar-refractivity contribution in [2.24, 2.45) is 0 Å². The lowest BCUT2D eigenvalue weighted by molar-refractivity contribution is -0.140. The van der Waals surface area contributed by atoms with Crippen molar-refractivity contribution in [1.82, 2.24) is 36.3 Å². The molecule has 0 aromatic carbocycles. The Morgan fingerprint density at radius 2 is 1.70 bits per heavy atom. The van der Waals surface area contributed by atoms with Crippen molar-refractivity contribution >= 4 is 30.0 Å². The second-order valence-corrected chi connectivity index (χ2v) is 9.94. The molecule has 1 aliphatic rings. The molecule has 2 rings (SSSR count). The van der Waals surface area contributed by atoms with E-state index in [0.717, 1.165) is 18.7 Å². The first kappa shape index (κ1) is 34.5. The molecule has 0 saturated carbocycles. The Hall–Kier alpha value is -4.73. The van der Waals surface area contributed by atoms with Gasteiger partial charge in [-0.05, 0) is 63.3 Å². The van der Waals surface area contributed by atoms with Gasteiger partial charge in [0.2, 0.25) is 0 Å². The Balaban J connectivity index is 1.73. The Kier molecular flexibility index (Phi) is 13.9. The van der Waals surface area contributed by atoms with Crippen LogP contribution in [0.5, 0.6) is 0 Å². The van der Waals surface area contributed by atoms with Crippen LogP contribution in [0.15, 0.2) is 42.3 Å². The minimum atomic E-state index is -1.48. The fourth-order valence-corrected chi connectivity index (χ4v) is 3.90. The number of nitrogens with one attached hydrogen (secondary N) is 4. The average Bonchev–Trinajstić information content (AvgIpc) is 3.30. The summed E-state index contributed by atoms with van der Waals surface area (Å²) in [4.78, 5) is 57.9. The van der Waals surface area contributed by atoms with Crippen LogP contribution in [0.3, 0.4) is 0 Å². The predicted molar refractivity (Wildman–Crippen MR) is 152 cm³/mol. The first-order valence-corrected chi connectivity index (χ1v) is 13.8. The lowest BCUT2D eigenvalue weighted by atomic mass is 10.1. The first-order valence-electron chi connectivity index (χ1n) is 13.8. The summed E-state index contributed by atoms with van der Waals surface area (Å²) in [5.74, 6) is -3.99. The highest BCUT2D eigenvalue weighted by Crippen LogP contribution is 2.20. The van der Waals surface area contributed by atoms with Crippen LogP contribution in [0.1, 0.15) is 58.1 Å². The summed E-state index contributed by atoms with van der Waals surface area (Å²) in [6.45, 7) is 5.21. The minimum Gasteiger partial charge on any atom is -0.481 e. The normalized spacial score (nSPS) is 17.2. The smallest absolute Gasteiger partial charge is 0.326 e. The minimum absolute atomic E-state index is 0.0193. The fourth-order valence-electron chi connectivity index (χ4n) is 3.90. The van der Waals surface area contributed by atoms with E-state index in [1.807, 2.05) is 26.0 Å². The summed E-state index contributed by atoms with van der Waals surface area (Å²) in [5.41, 5.74) is 0.660. The molecule has 1 aliphatic carbocycles. The molecule has 1 heterocycles. The summed E-state index contributed by atoms with van der Waals surface area (Å²) >= 11 is 0. The number of carbonyl (C=O) groups excluding carboxylic acids is 2. The van der Waals surface area contributed by atoms with Gasteiger partial charge in [0.25, 0.3) is 0 Å². The SMILES string of the molecule is CCCn1nncc1COC1(C)C=CC=C(NC(=O)NCCCCC(NC(=O)NC(CCC(=O)O)C(=O)O)C(=O)O)C=C1. The van der Waals surface area contributed by atoms with E-state index in [1.54, 1.807) is 29.1 Å². The van der Waals surface area contributed by atoms with Crippen molar-refractivity contribution in [3.05, 3.63) is 48.0 Å². The van der Waals surface area contributed by atoms with Crippen LogP contribution in [0, 0.1) is 0 Å². The van der Waals surface area contributed by atoms with Crippen molar-refractivity contribution in [3.8, 4) is 0 Å². The van der Waals surface area contributed by atoms with Gasteiger partial charge in [-0.1, -0.05) is 18.2 Å². The number of ether oxygens (including phenoxy) is 1. The van der Waals surface area contributed by atoms with Crippen LogP contribution >= 0.6 is 0 Å². The van der Waals surface area contributed by atoms with Crippen LogP contribution in [-0.4, -0.2) is 84.5 Å². The van der Waals surface area contributed by atoms with Crippen molar-refractivity contribution in [3.63, 3.8) is 0 Å². The summed E-state index contributed by atoms with van der Waals surface area (Å²) in [5, 5.41) is 44.9. The molecule has 0 fully saturated rings. The number of nitrogens with zero attached hydrogens (tertiary/aromatic N) is 3. The van der Waals surface area contributed by atoms with Gasteiger partial charge in [-0.2, -0.15) is 0 Å². The van der Waals surface area contributed by atoms with Gasteiger partial charge in [-0.25, -0.2) is 23.9 Å². The standard InChI is InChI=1S/C27H39N7O9/c1-3-15-34-19(16-29-33-34)17-43-27(2)12-6-7-18(11-13-27)30-25(41)28-14-5-4-8-20(23(37)38)31-26(42)32-21(24(39)40)9-10-22(35)36/h6-7,11-13,16,20-21H,3-5,8-10,14-15,17H2,1-2H3,(H,35,36)(H,37,38)(H,39,40)(H2,28,30,41)(H2,31,32,42). The molecule has 1 aromatic heterocycles. The number of aliphatic carboxylic acids is 3. The van der Waals surface area contributed by atoms with Crippen molar-refractivity contribution in [1.29, 1.82) is 0 Å². The van der Waals surface area contributed by atoms with Crippen LogP contribution in [0.25, 0.3) is 0 Å². The van der Waals surface area contributed by atoms with Gasteiger partial charge in [0.1, 0.15) is 17.7 Å². The zero-order chi connectivity index (χ0) is 31.8. The highest BCUT2D eigenvalue weighted by molar-refractivity contribution is 5.86. The van der Waals surface area contributed by atoms with Crippen LogP contribution in [-0.2, 0) is 32.3 Å². The van der Waals surface area contributed by atoms with Gasteiger partial charge >= 0.3 is 30.0 Å². The highest BCUT2D eigenvalue weighted by atomic mass is 16.5. The number of aromatic nitrogens is 3. The lowest BCUT2D eigenvalue weighted by Gasteiger charge is -2.22. The maximum atomic E-state index is 12.4. The van der Waals surface area contributed by atoms with E-state index in [4.69, 9.17) is 14.9 Å². The molecule has 7 N–H and O–H groups in total. The van der Waals surface area contributed by atoms with E-state index < -0.39 is 54.1 Å². The Morgan fingerprint density at radius 3 is 2.35 bits per heavy atom. The maximum absolute atomic E-state index is 12.4. The molecular weight excluding hydrogens is 566 g/mol. The molecule has 0 saturated heterocycles. The monoisotopic (exact) mass is 605 g/mol. The van der Waals surface area contributed by atoms with E-state index in [9.17, 15) is 29.1 Å². The van der Waals surface area contributed by atoms with Gasteiger partial charge in [0.05, 0.1) is 18.5 Å². The molecule has 16 nitrogen and oxygen atoms in total. The quantitative estimate of drug-likeness (QED) is 0.118. The third-order valence-electron chi connectivity index (χ3n) is 6.28. The summed E-state index contributed by atoms with van der Waals surface area (Å²) in [6.07, 6.45) is 11.4. The first-order chi connectivity index (χ1) is 20.4. The number of carboxylic acid groups (broad SMARTS) is 3. The summed E-state index contributed by atoms with van der Waals surface area (Å²) in [7, 11) is 0. The van der Waals surface area contributed by atoms with Crippen LogP contribution < -0.4 is 21.3 Å². The van der Waals surface area contributed by atoms with Crippen molar-refractivity contribution in [2.75, 3.05) is 6.54 Å². The van der Waals surface area contributed by atoms with E-state index in [0.29, 0.717) is 25.1 Å². The second-order valence-electron chi connectivity index (χ2n) is 9.94. The molecule has 4 amide bonds. The van der Waals surface area contributed by atoms with E-state index in [1.165, 1.54) is 0 Å². The maximum Gasteiger partial charge on any atom is 0.326 e. The molecule has 43 heavy (non-hydrogen) atoms. The second kappa shape index (κ2) is 17.3. The molecular formula is C27H39N7O9. The topological polar surface area (TPSA) is 234 Å². The molecule has 236 valence electrons. The Morgan fingerprint density at radius 1 is 1.00 bits per heavy atom. The van der Waals surface area contributed by atoms with E-state index in [-0.39, 0.29) is 19.4 Å². The van der Waals surface area contributed by atoms with Crippen LogP contribution in [0.4, 0.5) is 9.59 Å². The largest absolute Gasteiger partial charge is 0.481 e. The third-order valence-corrected chi connectivity index (χ3v) is 6.28. The third kappa shape index (κ3) is 12.8. The zero-order valence-corrected chi connectivity index (χ0v) is 24.1. The number of allylic oxidation sites excluding steroid dienone is 3. The molecule has 3 atom stereocenters. The number of amides is 4. The van der Waals surface area contributed by atoms with E-state index >= 15 is 0 Å². The number of rotatable bonds is 18. The van der Waals surface area contributed by atoms with Gasteiger partial charge in [-0.15, -0.1) is 5.10 Å². The molecule has 0 radical (unpaired) electrons. The Bertz CT molecular complexity index is 1230. The molecule has 16 heteroatoms. The number of carboxylic acids is 3. The van der Waals surface area contributed by atoms with Gasteiger partial charge in [0.15, 0.2) is 0 Å². The summed E-state index contributed by atoms with van der Waals surface area (Å²) < 4.78 is 7.87. The number of hydrogen-bond acceptors (Lipinski definition) is 8. The van der Waals surface area contributed by atoms with Crippen molar-refractivity contribution < 1.29 is 44.0 Å². The van der Waals surface area contributed by atoms with Gasteiger partial charge < -0.3 is 41.3 Å². The number of hydrogen-bond donors (Lipinski definition) is 7. The molecule has 3 unspecified atom stereocenters.